The molecule has 5 heteroatoms. The third kappa shape index (κ3) is 3.31. The van der Waals surface area contributed by atoms with Crippen LogP contribution in [0.1, 0.15) is 32.5 Å². The standard InChI is InChI=1S/C9H17N3OS/c1-9(2,3)8-11-7(13-12-8)6-14-5-4-10/h4-6,10H2,1-3H3. The molecule has 4 nitrogen and oxygen atoms in total. The normalized spacial score (nSPS) is 12.0. The lowest BCUT2D eigenvalue weighted by Crippen LogP contribution is -2.13. The van der Waals surface area contributed by atoms with E-state index in [1.54, 1.807) is 11.8 Å². The molecular formula is C9H17N3OS. The molecule has 1 aromatic rings. The molecule has 0 radical (unpaired) electrons. The van der Waals surface area contributed by atoms with Crippen LogP contribution < -0.4 is 5.73 Å². The molecule has 0 saturated carbocycles. The highest BCUT2D eigenvalue weighted by Crippen LogP contribution is 2.19. The molecule has 0 unspecified atom stereocenters. The molecule has 0 fully saturated rings. The molecule has 1 aromatic heterocycles. The number of hydrogen-bond donors (Lipinski definition) is 1. The highest BCUT2D eigenvalue weighted by Gasteiger charge is 2.20. The zero-order valence-corrected chi connectivity index (χ0v) is 9.73. The van der Waals surface area contributed by atoms with Crippen LogP contribution in [0.4, 0.5) is 0 Å². The van der Waals surface area contributed by atoms with Gasteiger partial charge in [0.25, 0.3) is 0 Å². The van der Waals surface area contributed by atoms with Gasteiger partial charge in [0.15, 0.2) is 5.82 Å². The second-order valence-electron chi connectivity index (χ2n) is 4.10. The van der Waals surface area contributed by atoms with Crippen molar-refractivity contribution in [1.29, 1.82) is 0 Å². The second kappa shape index (κ2) is 4.79. The largest absolute Gasteiger partial charge is 0.338 e. The maximum atomic E-state index is 5.38. The monoisotopic (exact) mass is 215 g/mol. The van der Waals surface area contributed by atoms with Gasteiger partial charge in [0.2, 0.25) is 5.89 Å². The third-order valence-electron chi connectivity index (χ3n) is 1.63. The van der Waals surface area contributed by atoms with Gasteiger partial charge < -0.3 is 10.3 Å². The Bertz CT molecular complexity index is 280. The van der Waals surface area contributed by atoms with Gasteiger partial charge in [-0.3, -0.25) is 0 Å². The summed E-state index contributed by atoms with van der Waals surface area (Å²) in [5, 5.41) is 3.94. The van der Waals surface area contributed by atoms with Crippen LogP contribution in [0.25, 0.3) is 0 Å². The third-order valence-corrected chi connectivity index (χ3v) is 2.60. The molecule has 0 aromatic carbocycles. The van der Waals surface area contributed by atoms with Crippen molar-refractivity contribution in [1.82, 2.24) is 10.1 Å². The summed E-state index contributed by atoms with van der Waals surface area (Å²) in [7, 11) is 0. The number of nitrogens with two attached hydrogens (primary N) is 1. The van der Waals surface area contributed by atoms with E-state index in [-0.39, 0.29) is 5.41 Å². The van der Waals surface area contributed by atoms with E-state index in [1.807, 2.05) is 0 Å². The van der Waals surface area contributed by atoms with Gasteiger partial charge in [-0.15, -0.1) is 0 Å². The molecule has 80 valence electrons. The van der Waals surface area contributed by atoms with Crippen molar-refractivity contribution in [2.75, 3.05) is 12.3 Å². The first-order valence-corrected chi connectivity index (χ1v) is 5.80. The van der Waals surface area contributed by atoms with Crippen molar-refractivity contribution < 1.29 is 4.52 Å². The Hall–Kier alpha value is -0.550. The van der Waals surface area contributed by atoms with E-state index in [0.717, 1.165) is 17.3 Å². The smallest absolute Gasteiger partial charge is 0.236 e. The van der Waals surface area contributed by atoms with Crippen molar-refractivity contribution in [3.8, 4) is 0 Å². The maximum Gasteiger partial charge on any atom is 0.236 e. The van der Waals surface area contributed by atoms with Crippen LogP contribution in [-0.4, -0.2) is 22.4 Å². The van der Waals surface area contributed by atoms with E-state index in [9.17, 15) is 0 Å². The van der Waals surface area contributed by atoms with Gasteiger partial charge in [-0.1, -0.05) is 25.9 Å². The van der Waals surface area contributed by atoms with Crippen LogP contribution >= 0.6 is 11.8 Å². The zero-order chi connectivity index (χ0) is 10.6. The quantitative estimate of drug-likeness (QED) is 0.772. The van der Waals surface area contributed by atoms with Gasteiger partial charge >= 0.3 is 0 Å². The summed E-state index contributed by atoms with van der Waals surface area (Å²) in [5.41, 5.74) is 5.34. The Labute approximate surface area is 88.6 Å². The zero-order valence-electron chi connectivity index (χ0n) is 8.91. The predicted octanol–water partition coefficient (Wildman–Crippen LogP) is 1.56. The van der Waals surface area contributed by atoms with Gasteiger partial charge in [-0.05, 0) is 0 Å². The average Bonchev–Trinajstić information content (AvgIpc) is 2.52. The molecule has 2 N–H and O–H groups in total. The highest BCUT2D eigenvalue weighted by molar-refractivity contribution is 7.98. The SMILES string of the molecule is CC(C)(C)c1noc(CSCCN)n1. The van der Waals surface area contributed by atoms with E-state index >= 15 is 0 Å². The number of aromatic nitrogens is 2. The number of nitrogens with zero attached hydrogens (tertiary/aromatic N) is 2. The highest BCUT2D eigenvalue weighted by atomic mass is 32.2. The lowest BCUT2D eigenvalue weighted by molar-refractivity contribution is 0.373. The molecule has 0 aliphatic rings. The average molecular weight is 215 g/mol. The summed E-state index contributed by atoms with van der Waals surface area (Å²) in [6.07, 6.45) is 0. The summed E-state index contributed by atoms with van der Waals surface area (Å²) < 4.78 is 5.11. The number of rotatable bonds is 4. The van der Waals surface area contributed by atoms with E-state index in [1.165, 1.54) is 0 Å². The first-order chi connectivity index (χ1) is 6.54. The molecule has 0 atom stereocenters. The minimum absolute atomic E-state index is 0.0414. The molecule has 0 aliphatic carbocycles. The fourth-order valence-corrected chi connectivity index (χ4v) is 1.46. The fourth-order valence-electron chi connectivity index (χ4n) is 0.861. The van der Waals surface area contributed by atoms with Gasteiger partial charge in [-0.25, -0.2) is 0 Å². The van der Waals surface area contributed by atoms with E-state index in [2.05, 4.69) is 30.9 Å². The van der Waals surface area contributed by atoms with Crippen LogP contribution in [0, 0.1) is 0 Å². The van der Waals surface area contributed by atoms with E-state index < -0.39 is 0 Å². The molecule has 0 amide bonds. The molecule has 0 aliphatic heterocycles. The summed E-state index contributed by atoms with van der Waals surface area (Å²) in [5.74, 6) is 3.13. The van der Waals surface area contributed by atoms with Crippen LogP contribution in [-0.2, 0) is 11.2 Å². The molecule has 0 saturated heterocycles. The summed E-state index contributed by atoms with van der Waals surface area (Å²) >= 11 is 1.71. The Balaban J connectivity index is 2.51. The Kier molecular flexibility index (Phi) is 3.95. The topological polar surface area (TPSA) is 64.9 Å². The van der Waals surface area contributed by atoms with Crippen LogP contribution in [0.3, 0.4) is 0 Å². The summed E-state index contributed by atoms with van der Waals surface area (Å²) in [6, 6.07) is 0. The Morgan fingerprint density at radius 3 is 2.64 bits per heavy atom. The molecule has 1 heterocycles. The van der Waals surface area contributed by atoms with E-state index in [4.69, 9.17) is 10.3 Å². The molecule has 1 rings (SSSR count). The summed E-state index contributed by atoms with van der Waals surface area (Å²) in [6.45, 7) is 6.88. The van der Waals surface area contributed by atoms with Crippen LogP contribution in [0.15, 0.2) is 4.52 Å². The van der Waals surface area contributed by atoms with Crippen molar-refractivity contribution >= 4 is 11.8 Å². The van der Waals surface area contributed by atoms with Crippen molar-refractivity contribution in [3.05, 3.63) is 11.7 Å². The first-order valence-electron chi connectivity index (χ1n) is 4.65. The molecule has 0 spiro atoms. The number of thioether (sulfide) groups is 1. The molecule has 0 bridgehead atoms. The molecular weight excluding hydrogens is 198 g/mol. The minimum atomic E-state index is -0.0414. The Morgan fingerprint density at radius 2 is 2.14 bits per heavy atom. The molecule has 14 heavy (non-hydrogen) atoms. The summed E-state index contributed by atoms with van der Waals surface area (Å²) in [4.78, 5) is 4.31. The van der Waals surface area contributed by atoms with Crippen LogP contribution in [0.2, 0.25) is 0 Å². The van der Waals surface area contributed by atoms with Crippen molar-refractivity contribution in [3.63, 3.8) is 0 Å². The van der Waals surface area contributed by atoms with Gasteiger partial charge in [0.05, 0.1) is 5.75 Å². The van der Waals surface area contributed by atoms with Gasteiger partial charge in [0, 0.05) is 17.7 Å². The van der Waals surface area contributed by atoms with E-state index in [0.29, 0.717) is 12.4 Å². The van der Waals surface area contributed by atoms with Crippen LogP contribution in [0.5, 0.6) is 0 Å². The van der Waals surface area contributed by atoms with Crippen molar-refractivity contribution in [2.24, 2.45) is 5.73 Å². The second-order valence-corrected chi connectivity index (χ2v) is 5.21. The van der Waals surface area contributed by atoms with Gasteiger partial charge in [0.1, 0.15) is 0 Å². The Morgan fingerprint density at radius 1 is 1.43 bits per heavy atom. The fraction of sp³-hybridized carbons (Fsp3) is 0.778. The lowest BCUT2D eigenvalue weighted by Gasteiger charge is -2.10. The number of hydrogen-bond acceptors (Lipinski definition) is 5. The predicted molar refractivity (Wildman–Crippen MR) is 58.2 cm³/mol. The van der Waals surface area contributed by atoms with Gasteiger partial charge in [-0.2, -0.15) is 16.7 Å². The minimum Gasteiger partial charge on any atom is -0.338 e. The lowest BCUT2D eigenvalue weighted by atomic mass is 9.96. The maximum absolute atomic E-state index is 5.38. The van der Waals surface area contributed by atoms with Crippen molar-refractivity contribution in [2.45, 2.75) is 31.9 Å². The first kappa shape index (κ1) is 11.5.